The number of anilines is 2. The number of rotatable bonds is 7. The fraction of sp³-hybridized carbons (Fsp3) is 0.316. The van der Waals surface area contributed by atoms with Gasteiger partial charge in [0.2, 0.25) is 5.91 Å². The first kappa shape index (κ1) is 16.9. The van der Waals surface area contributed by atoms with Gasteiger partial charge in [-0.05, 0) is 42.7 Å². The van der Waals surface area contributed by atoms with Crippen LogP contribution in [-0.2, 0) is 4.79 Å². The molecule has 0 bridgehead atoms. The molecular weight excluding hydrogens is 288 g/mol. The Hall–Kier alpha value is -2.49. The molecule has 0 aliphatic carbocycles. The second-order valence-electron chi connectivity index (χ2n) is 6.00. The Labute approximate surface area is 137 Å². The zero-order chi connectivity index (χ0) is 16.7. The highest BCUT2D eigenvalue weighted by Gasteiger charge is 2.04. The molecule has 0 aliphatic rings. The van der Waals surface area contributed by atoms with Crippen LogP contribution in [0, 0.1) is 12.8 Å². The first-order valence-corrected chi connectivity index (χ1v) is 7.86. The normalized spacial score (nSPS) is 10.4. The van der Waals surface area contributed by atoms with Crippen molar-refractivity contribution in [2.75, 3.05) is 23.8 Å². The Morgan fingerprint density at radius 3 is 2.57 bits per heavy atom. The van der Waals surface area contributed by atoms with E-state index in [9.17, 15) is 4.79 Å². The molecule has 0 saturated carbocycles. The zero-order valence-electron chi connectivity index (χ0n) is 13.9. The maximum atomic E-state index is 12.0. The second kappa shape index (κ2) is 8.22. The summed E-state index contributed by atoms with van der Waals surface area (Å²) in [6, 6.07) is 15.4. The van der Waals surface area contributed by atoms with Gasteiger partial charge in [-0.25, -0.2) is 0 Å². The van der Waals surface area contributed by atoms with Gasteiger partial charge in [0.1, 0.15) is 5.75 Å². The molecule has 0 unspecified atom stereocenters. The number of ether oxygens (including phenoxy) is 1. The number of carbonyl (C=O) groups is 1. The molecule has 1 amide bonds. The molecule has 0 atom stereocenters. The first-order chi connectivity index (χ1) is 11.0. The smallest absolute Gasteiger partial charge is 0.243 e. The van der Waals surface area contributed by atoms with Crippen LogP contribution in [0.25, 0.3) is 0 Å². The fourth-order valence-electron chi connectivity index (χ4n) is 2.07. The van der Waals surface area contributed by atoms with Crippen LogP contribution in [0.15, 0.2) is 48.5 Å². The number of hydrogen-bond acceptors (Lipinski definition) is 3. The van der Waals surface area contributed by atoms with Gasteiger partial charge in [-0.1, -0.05) is 32.0 Å². The first-order valence-electron chi connectivity index (χ1n) is 7.86. The molecule has 122 valence electrons. The van der Waals surface area contributed by atoms with E-state index in [1.54, 1.807) is 0 Å². The van der Waals surface area contributed by atoms with Gasteiger partial charge in [-0.15, -0.1) is 0 Å². The zero-order valence-corrected chi connectivity index (χ0v) is 13.9. The summed E-state index contributed by atoms with van der Waals surface area (Å²) in [5.74, 6) is 1.21. The fourth-order valence-corrected chi connectivity index (χ4v) is 2.07. The number of hydrogen-bond donors (Lipinski definition) is 2. The number of carbonyl (C=O) groups excluding carboxylic acids is 1. The number of benzene rings is 2. The monoisotopic (exact) mass is 312 g/mol. The highest BCUT2D eigenvalue weighted by atomic mass is 16.5. The Kier molecular flexibility index (Phi) is 6.03. The minimum Gasteiger partial charge on any atom is -0.493 e. The summed E-state index contributed by atoms with van der Waals surface area (Å²) < 4.78 is 5.68. The van der Waals surface area contributed by atoms with Crippen molar-refractivity contribution in [2.45, 2.75) is 20.8 Å². The summed E-state index contributed by atoms with van der Waals surface area (Å²) >= 11 is 0. The molecule has 0 aliphatic heterocycles. The molecule has 2 N–H and O–H groups in total. The van der Waals surface area contributed by atoms with E-state index in [4.69, 9.17) is 4.74 Å². The predicted octanol–water partition coefficient (Wildman–Crippen LogP) is 4.08. The number of nitrogens with one attached hydrogen (secondary N) is 2. The van der Waals surface area contributed by atoms with Crippen molar-refractivity contribution in [3.63, 3.8) is 0 Å². The lowest BCUT2D eigenvalue weighted by Crippen LogP contribution is -2.21. The molecule has 0 saturated heterocycles. The van der Waals surface area contributed by atoms with Crippen LogP contribution in [-0.4, -0.2) is 19.1 Å². The topological polar surface area (TPSA) is 50.4 Å². The van der Waals surface area contributed by atoms with Crippen LogP contribution < -0.4 is 15.4 Å². The van der Waals surface area contributed by atoms with Gasteiger partial charge < -0.3 is 15.4 Å². The quantitative estimate of drug-likeness (QED) is 0.810. The molecule has 2 aromatic rings. The minimum atomic E-state index is -0.0795. The van der Waals surface area contributed by atoms with Crippen molar-refractivity contribution in [1.82, 2.24) is 0 Å². The highest BCUT2D eigenvalue weighted by Crippen LogP contribution is 2.18. The predicted molar refractivity (Wildman–Crippen MR) is 95.1 cm³/mol. The molecular formula is C19H24N2O2. The standard InChI is InChI=1S/C19H24N2O2/c1-14(2)13-23-18-9-5-7-16(11-18)20-12-19(22)21-17-8-4-6-15(3)10-17/h4-11,14,20H,12-13H2,1-3H3,(H,21,22). The van der Waals surface area contributed by atoms with Crippen LogP contribution in [0.5, 0.6) is 5.75 Å². The van der Waals surface area contributed by atoms with Crippen molar-refractivity contribution in [3.8, 4) is 5.75 Å². The van der Waals surface area contributed by atoms with Crippen molar-refractivity contribution in [2.24, 2.45) is 5.92 Å². The molecule has 4 nitrogen and oxygen atoms in total. The van der Waals surface area contributed by atoms with E-state index in [2.05, 4.69) is 24.5 Å². The molecule has 2 aromatic carbocycles. The summed E-state index contributed by atoms with van der Waals surface area (Å²) in [5, 5.41) is 5.99. The van der Waals surface area contributed by atoms with E-state index in [0.29, 0.717) is 12.5 Å². The Morgan fingerprint density at radius 1 is 1.09 bits per heavy atom. The van der Waals surface area contributed by atoms with E-state index in [1.165, 1.54) is 0 Å². The van der Waals surface area contributed by atoms with E-state index in [0.717, 1.165) is 22.7 Å². The van der Waals surface area contributed by atoms with Crippen LogP contribution >= 0.6 is 0 Å². The Morgan fingerprint density at radius 2 is 1.83 bits per heavy atom. The largest absolute Gasteiger partial charge is 0.493 e. The van der Waals surface area contributed by atoms with Gasteiger partial charge in [0.05, 0.1) is 13.2 Å². The molecule has 0 spiro atoms. The average Bonchev–Trinajstić information content (AvgIpc) is 2.51. The molecule has 2 rings (SSSR count). The van der Waals surface area contributed by atoms with Gasteiger partial charge in [-0.3, -0.25) is 4.79 Å². The lowest BCUT2D eigenvalue weighted by molar-refractivity contribution is -0.114. The maximum Gasteiger partial charge on any atom is 0.243 e. The third-order valence-corrected chi connectivity index (χ3v) is 3.17. The van der Waals surface area contributed by atoms with Gasteiger partial charge in [-0.2, -0.15) is 0 Å². The summed E-state index contributed by atoms with van der Waals surface area (Å²) in [6.07, 6.45) is 0. The summed E-state index contributed by atoms with van der Waals surface area (Å²) in [4.78, 5) is 12.0. The van der Waals surface area contributed by atoms with Crippen LogP contribution in [0.3, 0.4) is 0 Å². The van der Waals surface area contributed by atoms with E-state index >= 15 is 0 Å². The Bertz CT molecular complexity index is 653. The number of amides is 1. The summed E-state index contributed by atoms with van der Waals surface area (Å²) in [6.45, 7) is 7.10. The second-order valence-corrected chi connectivity index (χ2v) is 6.00. The molecule has 4 heteroatoms. The van der Waals surface area contributed by atoms with Crippen molar-refractivity contribution in [3.05, 3.63) is 54.1 Å². The molecule has 0 fully saturated rings. The molecule has 0 aromatic heterocycles. The molecule has 0 heterocycles. The minimum absolute atomic E-state index is 0.0795. The third kappa shape index (κ3) is 6.02. The van der Waals surface area contributed by atoms with E-state index < -0.39 is 0 Å². The summed E-state index contributed by atoms with van der Waals surface area (Å²) in [5.41, 5.74) is 2.79. The van der Waals surface area contributed by atoms with Crippen molar-refractivity contribution < 1.29 is 9.53 Å². The average molecular weight is 312 g/mol. The van der Waals surface area contributed by atoms with Crippen molar-refractivity contribution in [1.29, 1.82) is 0 Å². The van der Waals surface area contributed by atoms with Gasteiger partial charge in [0, 0.05) is 17.4 Å². The molecule has 23 heavy (non-hydrogen) atoms. The SMILES string of the molecule is Cc1cccc(NC(=O)CNc2cccc(OCC(C)C)c2)c1. The lowest BCUT2D eigenvalue weighted by Gasteiger charge is -2.11. The van der Waals surface area contributed by atoms with Gasteiger partial charge in [0.15, 0.2) is 0 Å². The van der Waals surface area contributed by atoms with Gasteiger partial charge in [0.25, 0.3) is 0 Å². The van der Waals surface area contributed by atoms with E-state index in [1.807, 2.05) is 55.5 Å². The maximum absolute atomic E-state index is 12.0. The highest BCUT2D eigenvalue weighted by molar-refractivity contribution is 5.93. The lowest BCUT2D eigenvalue weighted by atomic mass is 10.2. The summed E-state index contributed by atoms with van der Waals surface area (Å²) in [7, 11) is 0. The van der Waals surface area contributed by atoms with Crippen molar-refractivity contribution >= 4 is 17.3 Å². The Balaban J connectivity index is 1.85. The van der Waals surface area contributed by atoms with E-state index in [-0.39, 0.29) is 12.5 Å². The van der Waals surface area contributed by atoms with Gasteiger partial charge >= 0.3 is 0 Å². The third-order valence-electron chi connectivity index (χ3n) is 3.17. The molecule has 0 radical (unpaired) electrons. The van der Waals surface area contributed by atoms with Crippen LogP contribution in [0.1, 0.15) is 19.4 Å². The number of aryl methyl sites for hydroxylation is 1. The van der Waals surface area contributed by atoms with Crippen LogP contribution in [0.2, 0.25) is 0 Å². The van der Waals surface area contributed by atoms with Crippen LogP contribution in [0.4, 0.5) is 11.4 Å².